The van der Waals surface area contributed by atoms with E-state index < -0.39 is 0 Å². The molecular formula is C13H25NO. The van der Waals surface area contributed by atoms with Crippen LogP contribution in [-0.4, -0.2) is 35.2 Å². The Morgan fingerprint density at radius 3 is 2.47 bits per heavy atom. The van der Waals surface area contributed by atoms with E-state index in [9.17, 15) is 5.11 Å². The van der Waals surface area contributed by atoms with Crippen LogP contribution in [0.3, 0.4) is 0 Å². The zero-order valence-corrected chi connectivity index (χ0v) is 10.2. The van der Waals surface area contributed by atoms with Gasteiger partial charge < -0.3 is 5.11 Å². The van der Waals surface area contributed by atoms with Gasteiger partial charge in [0.15, 0.2) is 0 Å². The van der Waals surface area contributed by atoms with Crippen LogP contribution in [0.4, 0.5) is 0 Å². The Kier molecular flexibility index (Phi) is 3.36. The molecule has 1 saturated heterocycles. The number of likely N-dealkylation sites (tertiary alicyclic amines) is 1. The zero-order valence-electron chi connectivity index (χ0n) is 10.2. The van der Waals surface area contributed by atoms with Gasteiger partial charge in [-0.15, -0.1) is 0 Å². The van der Waals surface area contributed by atoms with Gasteiger partial charge in [-0.3, -0.25) is 4.90 Å². The Bertz CT molecular complexity index is 209. The maximum atomic E-state index is 9.82. The zero-order chi connectivity index (χ0) is 10.9. The fraction of sp³-hybridized carbons (Fsp3) is 1.00. The van der Waals surface area contributed by atoms with E-state index in [-0.39, 0.29) is 6.10 Å². The third kappa shape index (κ3) is 2.54. The number of hydrogen-bond donors (Lipinski definition) is 1. The standard InChI is InChI=1S/C13H25NO/c1-13(2)7-6-11(15)10-12(13)14-8-4-3-5-9-14/h11-12,15H,3-10H2,1-2H3. The molecule has 0 amide bonds. The molecule has 2 unspecified atom stereocenters. The van der Waals surface area contributed by atoms with E-state index in [2.05, 4.69) is 18.7 Å². The maximum absolute atomic E-state index is 9.82. The van der Waals surface area contributed by atoms with Crippen LogP contribution < -0.4 is 0 Å². The molecule has 1 aliphatic heterocycles. The summed E-state index contributed by atoms with van der Waals surface area (Å²) in [5, 5.41) is 9.82. The summed E-state index contributed by atoms with van der Waals surface area (Å²) in [4.78, 5) is 2.63. The van der Waals surface area contributed by atoms with Gasteiger partial charge in [-0.05, 0) is 50.6 Å². The van der Waals surface area contributed by atoms with Crippen molar-refractivity contribution in [1.82, 2.24) is 4.90 Å². The molecule has 1 heterocycles. The van der Waals surface area contributed by atoms with Crippen molar-refractivity contribution in [1.29, 1.82) is 0 Å². The van der Waals surface area contributed by atoms with Gasteiger partial charge >= 0.3 is 0 Å². The number of rotatable bonds is 1. The van der Waals surface area contributed by atoms with Gasteiger partial charge in [0, 0.05) is 6.04 Å². The molecule has 0 radical (unpaired) electrons. The van der Waals surface area contributed by atoms with Crippen molar-refractivity contribution in [2.45, 2.75) is 64.5 Å². The van der Waals surface area contributed by atoms with Crippen LogP contribution >= 0.6 is 0 Å². The quantitative estimate of drug-likeness (QED) is 0.720. The second-order valence-corrected chi connectivity index (χ2v) is 6.03. The fourth-order valence-corrected chi connectivity index (χ4v) is 3.27. The smallest absolute Gasteiger partial charge is 0.0555 e. The monoisotopic (exact) mass is 211 g/mol. The topological polar surface area (TPSA) is 23.5 Å². The minimum Gasteiger partial charge on any atom is -0.393 e. The fourth-order valence-electron chi connectivity index (χ4n) is 3.27. The molecule has 2 atom stereocenters. The molecule has 2 fully saturated rings. The van der Waals surface area contributed by atoms with Gasteiger partial charge in [0.05, 0.1) is 6.10 Å². The minimum atomic E-state index is -0.0510. The third-order valence-electron chi connectivity index (χ3n) is 4.35. The van der Waals surface area contributed by atoms with Crippen LogP contribution in [0.1, 0.15) is 52.4 Å². The number of aliphatic hydroxyl groups is 1. The molecule has 0 aromatic carbocycles. The van der Waals surface area contributed by atoms with E-state index in [1.54, 1.807) is 0 Å². The number of nitrogens with zero attached hydrogens (tertiary/aromatic N) is 1. The van der Waals surface area contributed by atoms with Crippen molar-refractivity contribution < 1.29 is 5.11 Å². The molecule has 1 N–H and O–H groups in total. The summed E-state index contributed by atoms with van der Waals surface area (Å²) in [6.45, 7) is 7.25. The highest BCUT2D eigenvalue weighted by molar-refractivity contribution is 4.93. The van der Waals surface area contributed by atoms with Crippen LogP contribution in [-0.2, 0) is 0 Å². The van der Waals surface area contributed by atoms with E-state index in [0.29, 0.717) is 11.5 Å². The first-order valence-electron chi connectivity index (χ1n) is 6.52. The van der Waals surface area contributed by atoms with E-state index in [1.165, 1.54) is 38.8 Å². The first-order valence-corrected chi connectivity index (χ1v) is 6.52. The summed E-state index contributed by atoms with van der Waals surface area (Å²) in [5.74, 6) is 0. The van der Waals surface area contributed by atoms with Crippen molar-refractivity contribution in [3.63, 3.8) is 0 Å². The van der Waals surface area contributed by atoms with Crippen molar-refractivity contribution in [3.8, 4) is 0 Å². The van der Waals surface area contributed by atoms with Crippen LogP contribution in [0.15, 0.2) is 0 Å². The summed E-state index contributed by atoms with van der Waals surface area (Å²) < 4.78 is 0. The first kappa shape index (κ1) is 11.4. The average molecular weight is 211 g/mol. The molecule has 2 rings (SSSR count). The Balaban J connectivity index is 2.02. The molecule has 0 bridgehead atoms. The molecule has 1 aliphatic carbocycles. The van der Waals surface area contributed by atoms with Gasteiger partial charge in [-0.2, -0.15) is 0 Å². The van der Waals surface area contributed by atoms with Crippen molar-refractivity contribution >= 4 is 0 Å². The summed E-state index contributed by atoms with van der Waals surface area (Å²) in [5.41, 5.74) is 0.399. The number of hydrogen-bond acceptors (Lipinski definition) is 2. The molecule has 0 aromatic heterocycles. The summed E-state index contributed by atoms with van der Waals surface area (Å²) >= 11 is 0. The third-order valence-corrected chi connectivity index (χ3v) is 4.35. The summed E-state index contributed by atoms with van der Waals surface area (Å²) in [6.07, 6.45) is 7.21. The largest absolute Gasteiger partial charge is 0.393 e. The lowest BCUT2D eigenvalue weighted by Crippen LogP contribution is -2.51. The van der Waals surface area contributed by atoms with Crippen molar-refractivity contribution in [2.24, 2.45) is 5.41 Å². The van der Waals surface area contributed by atoms with Gasteiger partial charge in [-0.1, -0.05) is 20.3 Å². The molecule has 15 heavy (non-hydrogen) atoms. The maximum Gasteiger partial charge on any atom is 0.0555 e. The Labute approximate surface area is 93.7 Å². The van der Waals surface area contributed by atoms with Crippen molar-refractivity contribution in [3.05, 3.63) is 0 Å². The van der Waals surface area contributed by atoms with Gasteiger partial charge in [-0.25, -0.2) is 0 Å². The molecule has 0 aromatic rings. The lowest BCUT2D eigenvalue weighted by molar-refractivity contribution is -0.0183. The molecule has 2 aliphatic rings. The predicted molar refractivity (Wildman–Crippen MR) is 62.9 cm³/mol. The molecule has 88 valence electrons. The normalized spacial score (nSPS) is 37.8. The Hall–Kier alpha value is -0.0800. The lowest BCUT2D eigenvalue weighted by atomic mass is 9.71. The van der Waals surface area contributed by atoms with E-state index in [0.717, 1.165) is 12.8 Å². The summed E-state index contributed by atoms with van der Waals surface area (Å²) in [7, 11) is 0. The highest BCUT2D eigenvalue weighted by atomic mass is 16.3. The molecule has 0 spiro atoms. The Morgan fingerprint density at radius 1 is 1.13 bits per heavy atom. The second-order valence-electron chi connectivity index (χ2n) is 6.03. The summed E-state index contributed by atoms with van der Waals surface area (Å²) in [6, 6.07) is 0.613. The predicted octanol–water partition coefficient (Wildman–Crippen LogP) is 2.41. The van der Waals surface area contributed by atoms with Crippen molar-refractivity contribution in [2.75, 3.05) is 13.1 Å². The number of piperidine rings is 1. The first-order chi connectivity index (χ1) is 7.09. The van der Waals surface area contributed by atoms with Gasteiger partial charge in [0.25, 0.3) is 0 Å². The Morgan fingerprint density at radius 2 is 1.80 bits per heavy atom. The molecule has 1 saturated carbocycles. The van der Waals surface area contributed by atoms with Gasteiger partial charge in [0.2, 0.25) is 0 Å². The van der Waals surface area contributed by atoms with Crippen LogP contribution in [0, 0.1) is 5.41 Å². The van der Waals surface area contributed by atoms with Crippen LogP contribution in [0.2, 0.25) is 0 Å². The second kappa shape index (κ2) is 4.42. The van der Waals surface area contributed by atoms with E-state index in [4.69, 9.17) is 0 Å². The molecular weight excluding hydrogens is 186 g/mol. The SMILES string of the molecule is CC1(C)CCC(O)CC1N1CCCCC1. The number of aliphatic hydroxyl groups excluding tert-OH is 1. The lowest BCUT2D eigenvalue weighted by Gasteiger charge is -2.48. The molecule has 2 heteroatoms. The average Bonchev–Trinajstić information content (AvgIpc) is 2.23. The molecule has 2 nitrogen and oxygen atoms in total. The minimum absolute atomic E-state index is 0.0510. The highest BCUT2D eigenvalue weighted by Gasteiger charge is 2.39. The van der Waals surface area contributed by atoms with E-state index >= 15 is 0 Å². The van der Waals surface area contributed by atoms with E-state index in [1.807, 2.05) is 0 Å². The van der Waals surface area contributed by atoms with Crippen LogP contribution in [0.25, 0.3) is 0 Å². The van der Waals surface area contributed by atoms with Crippen LogP contribution in [0.5, 0.6) is 0 Å². The highest BCUT2D eigenvalue weighted by Crippen LogP contribution is 2.39. The van der Waals surface area contributed by atoms with Gasteiger partial charge in [0.1, 0.15) is 0 Å².